The Kier molecular flexibility index (Phi) is 4.54. The third-order valence-electron chi connectivity index (χ3n) is 2.89. The molecule has 0 bridgehead atoms. The van der Waals surface area contributed by atoms with Gasteiger partial charge >= 0.3 is 5.97 Å². The first-order valence-corrected chi connectivity index (χ1v) is 7.02. The summed E-state index contributed by atoms with van der Waals surface area (Å²) in [5.74, 6) is -0.194. The van der Waals surface area contributed by atoms with Gasteiger partial charge in [0.25, 0.3) is 0 Å². The van der Waals surface area contributed by atoms with Gasteiger partial charge in [-0.15, -0.1) is 10.2 Å². The first-order valence-electron chi connectivity index (χ1n) is 6.26. The highest BCUT2D eigenvalue weighted by molar-refractivity contribution is 6.36. The molecular formula is C14H14Cl2N2O3. The van der Waals surface area contributed by atoms with Gasteiger partial charge in [-0.3, -0.25) is 4.79 Å². The van der Waals surface area contributed by atoms with Crippen LogP contribution in [-0.2, 0) is 11.2 Å². The Balaban J connectivity index is 2.20. The summed E-state index contributed by atoms with van der Waals surface area (Å²) in [7, 11) is 0. The number of rotatable bonds is 5. The minimum atomic E-state index is -0.861. The van der Waals surface area contributed by atoms with Crippen LogP contribution in [0.1, 0.15) is 26.2 Å². The average Bonchev–Trinajstić information content (AvgIpc) is 2.74. The molecule has 5 nitrogen and oxygen atoms in total. The Morgan fingerprint density at radius 2 is 2.05 bits per heavy atom. The van der Waals surface area contributed by atoms with Gasteiger partial charge in [-0.1, -0.05) is 37.0 Å². The van der Waals surface area contributed by atoms with Crippen molar-refractivity contribution in [3.05, 3.63) is 34.1 Å². The van der Waals surface area contributed by atoms with Crippen molar-refractivity contribution >= 4 is 29.2 Å². The number of benzene rings is 1. The molecule has 2 rings (SSSR count). The predicted octanol–water partition coefficient (Wildman–Crippen LogP) is 4.09. The van der Waals surface area contributed by atoms with Gasteiger partial charge < -0.3 is 9.52 Å². The second-order valence-electron chi connectivity index (χ2n) is 5.54. The number of carboxylic acid groups (broad SMARTS) is 1. The van der Waals surface area contributed by atoms with Crippen LogP contribution in [0.15, 0.2) is 22.6 Å². The van der Waals surface area contributed by atoms with Gasteiger partial charge in [-0.2, -0.15) is 0 Å². The van der Waals surface area contributed by atoms with E-state index in [2.05, 4.69) is 10.2 Å². The number of carboxylic acids is 1. The molecule has 0 saturated heterocycles. The predicted molar refractivity (Wildman–Crippen MR) is 79.5 cm³/mol. The van der Waals surface area contributed by atoms with Crippen LogP contribution in [0.2, 0.25) is 10.0 Å². The molecule has 0 radical (unpaired) electrons. The Labute approximate surface area is 131 Å². The number of nitrogens with zero attached hydrogens (tertiary/aromatic N) is 2. The fraction of sp³-hybridized carbons (Fsp3) is 0.357. The van der Waals surface area contributed by atoms with E-state index in [1.165, 1.54) is 0 Å². The summed E-state index contributed by atoms with van der Waals surface area (Å²) in [4.78, 5) is 10.8. The van der Waals surface area contributed by atoms with Crippen LogP contribution in [0.4, 0.5) is 0 Å². The van der Waals surface area contributed by atoms with Gasteiger partial charge in [0.2, 0.25) is 11.8 Å². The van der Waals surface area contributed by atoms with Gasteiger partial charge in [-0.05, 0) is 23.6 Å². The maximum Gasteiger partial charge on any atom is 0.303 e. The highest BCUT2D eigenvalue weighted by Gasteiger charge is 2.25. The van der Waals surface area contributed by atoms with Crippen molar-refractivity contribution in [2.24, 2.45) is 5.41 Å². The first kappa shape index (κ1) is 15.8. The van der Waals surface area contributed by atoms with Gasteiger partial charge in [0.1, 0.15) is 0 Å². The van der Waals surface area contributed by atoms with Crippen molar-refractivity contribution in [3.63, 3.8) is 0 Å². The third kappa shape index (κ3) is 4.19. The molecule has 0 unspecified atom stereocenters. The second-order valence-corrected chi connectivity index (χ2v) is 6.38. The zero-order valence-corrected chi connectivity index (χ0v) is 13.1. The highest BCUT2D eigenvalue weighted by atomic mass is 35.5. The fourth-order valence-electron chi connectivity index (χ4n) is 1.98. The number of aliphatic carboxylic acids is 1. The monoisotopic (exact) mass is 328 g/mol. The standard InChI is InChI=1S/C14H14Cl2N2O3/c1-14(2,7-12(19)20)6-11-17-18-13(21-11)9-4-3-8(15)5-10(9)16/h3-5H,6-7H2,1-2H3,(H,19,20). The average molecular weight is 329 g/mol. The van der Waals surface area contributed by atoms with E-state index < -0.39 is 11.4 Å². The van der Waals surface area contributed by atoms with Gasteiger partial charge in [0.15, 0.2) is 0 Å². The molecule has 0 aliphatic rings. The molecule has 1 heterocycles. The Morgan fingerprint density at radius 3 is 2.67 bits per heavy atom. The van der Waals surface area contributed by atoms with Gasteiger partial charge in [-0.25, -0.2) is 0 Å². The minimum absolute atomic E-state index is 0.0203. The van der Waals surface area contributed by atoms with Crippen molar-refractivity contribution in [1.29, 1.82) is 0 Å². The number of hydrogen-bond donors (Lipinski definition) is 1. The molecule has 0 spiro atoms. The lowest BCUT2D eigenvalue weighted by Gasteiger charge is -2.19. The third-order valence-corrected chi connectivity index (χ3v) is 3.44. The largest absolute Gasteiger partial charge is 0.481 e. The molecule has 112 valence electrons. The van der Waals surface area contributed by atoms with Crippen LogP contribution in [0.25, 0.3) is 11.5 Å². The lowest BCUT2D eigenvalue weighted by Crippen LogP contribution is -2.19. The van der Waals surface area contributed by atoms with Crippen molar-refractivity contribution in [2.45, 2.75) is 26.7 Å². The summed E-state index contributed by atoms with van der Waals surface area (Å²) in [5, 5.41) is 17.7. The van der Waals surface area contributed by atoms with Crippen molar-refractivity contribution in [3.8, 4) is 11.5 Å². The summed E-state index contributed by atoms with van der Waals surface area (Å²) >= 11 is 11.9. The van der Waals surface area contributed by atoms with Gasteiger partial charge in [0.05, 0.1) is 17.0 Å². The molecule has 1 aromatic heterocycles. The lowest BCUT2D eigenvalue weighted by atomic mass is 9.86. The maximum atomic E-state index is 10.8. The van der Waals surface area contributed by atoms with Crippen LogP contribution < -0.4 is 0 Å². The summed E-state index contributed by atoms with van der Waals surface area (Å²) in [5.41, 5.74) is 0.121. The van der Waals surface area contributed by atoms with E-state index in [4.69, 9.17) is 32.7 Å². The summed E-state index contributed by atoms with van der Waals surface area (Å²) < 4.78 is 5.57. The smallest absolute Gasteiger partial charge is 0.303 e. The zero-order valence-electron chi connectivity index (χ0n) is 11.6. The van der Waals surface area contributed by atoms with E-state index in [9.17, 15) is 4.79 Å². The van der Waals surface area contributed by atoms with Crippen LogP contribution in [0.5, 0.6) is 0 Å². The molecule has 0 amide bonds. The normalized spacial score (nSPS) is 11.6. The first-order chi connectivity index (χ1) is 9.77. The SMILES string of the molecule is CC(C)(CC(=O)O)Cc1nnc(-c2ccc(Cl)cc2Cl)o1. The number of halogens is 2. The summed E-state index contributed by atoms with van der Waals surface area (Å²) in [6.07, 6.45) is 0.393. The molecule has 1 aromatic carbocycles. The molecule has 0 aliphatic heterocycles. The van der Waals surface area contributed by atoms with E-state index in [0.29, 0.717) is 27.9 Å². The minimum Gasteiger partial charge on any atom is -0.481 e. The Hall–Kier alpha value is -1.59. The van der Waals surface area contributed by atoms with E-state index in [-0.39, 0.29) is 12.3 Å². The zero-order chi connectivity index (χ0) is 15.6. The highest BCUT2D eigenvalue weighted by Crippen LogP contribution is 2.31. The quantitative estimate of drug-likeness (QED) is 0.894. The van der Waals surface area contributed by atoms with Crippen LogP contribution in [-0.4, -0.2) is 21.3 Å². The number of aromatic nitrogens is 2. The molecule has 0 atom stereocenters. The maximum absolute atomic E-state index is 10.8. The van der Waals surface area contributed by atoms with Crippen molar-refractivity contribution < 1.29 is 14.3 Å². The summed E-state index contributed by atoms with van der Waals surface area (Å²) in [6, 6.07) is 4.97. The Bertz CT molecular complexity index is 668. The molecule has 2 aromatic rings. The topological polar surface area (TPSA) is 76.2 Å². The van der Waals surface area contributed by atoms with E-state index in [1.807, 2.05) is 13.8 Å². The summed E-state index contributed by atoms with van der Waals surface area (Å²) in [6.45, 7) is 3.67. The van der Waals surface area contributed by atoms with Crippen molar-refractivity contribution in [1.82, 2.24) is 10.2 Å². The molecule has 0 fully saturated rings. The van der Waals surface area contributed by atoms with E-state index >= 15 is 0 Å². The van der Waals surface area contributed by atoms with Crippen LogP contribution >= 0.6 is 23.2 Å². The van der Waals surface area contributed by atoms with E-state index in [1.54, 1.807) is 18.2 Å². The van der Waals surface area contributed by atoms with Gasteiger partial charge in [0, 0.05) is 11.4 Å². The van der Waals surface area contributed by atoms with Crippen LogP contribution in [0.3, 0.4) is 0 Å². The molecule has 0 saturated carbocycles. The fourth-order valence-corrected chi connectivity index (χ4v) is 2.47. The number of hydrogen-bond acceptors (Lipinski definition) is 4. The molecule has 1 N–H and O–H groups in total. The molecule has 7 heteroatoms. The molecule has 0 aliphatic carbocycles. The number of carbonyl (C=O) groups is 1. The Morgan fingerprint density at radius 1 is 1.33 bits per heavy atom. The molecular weight excluding hydrogens is 315 g/mol. The molecule has 21 heavy (non-hydrogen) atoms. The van der Waals surface area contributed by atoms with Crippen molar-refractivity contribution in [2.75, 3.05) is 0 Å². The van der Waals surface area contributed by atoms with E-state index in [0.717, 1.165) is 0 Å². The second kappa shape index (κ2) is 6.03. The van der Waals surface area contributed by atoms with Crippen LogP contribution in [0, 0.1) is 5.41 Å². The lowest BCUT2D eigenvalue weighted by molar-refractivity contribution is -0.139.